The van der Waals surface area contributed by atoms with Crippen molar-refractivity contribution in [3.05, 3.63) is 28.3 Å². The fraction of sp³-hybridized carbons (Fsp3) is 0.500. The summed E-state index contributed by atoms with van der Waals surface area (Å²) in [7, 11) is -2.09. The molecule has 1 N–H and O–H groups in total. The number of nitrogens with zero attached hydrogens (tertiary/aromatic N) is 3. The van der Waals surface area contributed by atoms with Gasteiger partial charge in [0.25, 0.3) is 10.0 Å². The highest BCUT2D eigenvalue weighted by molar-refractivity contribution is 7.91. The average molecular weight is 344 g/mol. The normalized spacial score (nSPS) is 17.7. The van der Waals surface area contributed by atoms with Gasteiger partial charge in [-0.3, -0.25) is 4.57 Å². The van der Waals surface area contributed by atoms with Gasteiger partial charge in [-0.2, -0.15) is 9.40 Å². The second-order valence-electron chi connectivity index (χ2n) is 4.98. The van der Waals surface area contributed by atoms with Gasteiger partial charge in [0.05, 0.1) is 7.11 Å². The smallest absolute Gasteiger partial charge is 0.343 e. The summed E-state index contributed by atoms with van der Waals surface area (Å²) in [6.07, 6.45) is 2.61. The summed E-state index contributed by atoms with van der Waals surface area (Å²) in [6, 6.07) is 1.62. The second-order valence-corrected chi connectivity index (χ2v) is 8.03. The highest BCUT2D eigenvalue weighted by Gasteiger charge is 2.33. The molecule has 1 saturated heterocycles. The van der Waals surface area contributed by atoms with Crippen LogP contribution in [0.25, 0.3) is 0 Å². The van der Waals surface area contributed by atoms with Crippen LogP contribution in [0.1, 0.15) is 18.9 Å². The number of thiophene rings is 1. The van der Waals surface area contributed by atoms with Crippen LogP contribution < -0.4 is 10.4 Å². The highest BCUT2D eigenvalue weighted by Crippen LogP contribution is 2.34. The molecule has 3 rings (SSSR count). The molecule has 0 spiro atoms. The minimum atomic E-state index is -3.55. The van der Waals surface area contributed by atoms with Gasteiger partial charge in [0.15, 0.2) is 4.21 Å². The fourth-order valence-electron chi connectivity index (χ4n) is 2.62. The summed E-state index contributed by atoms with van der Waals surface area (Å²) >= 11 is 1.15. The summed E-state index contributed by atoms with van der Waals surface area (Å²) in [5, 5.41) is 7.76. The maximum absolute atomic E-state index is 12.7. The number of hydrogen-bond donors (Lipinski definition) is 1. The third-order valence-corrected chi connectivity index (χ3v) is 7.11. The van der Waals surface area contributed by atoms with Gasteiger partial charge in [0.1, 0.15) is 12.1 Å². The molecule has 0 bridgehead atoms. The van der Waals surface area contributed by atoms with Crippen LogP contribution in [0.4, 0.5) is 0 Å². The van der Waals surface area contributed by atoms with Gasteiger partial charge in [0, 0.05) is 19.1 Å². The largest absolute Gasteiger partial charge is 0.494 e. The lowest BCUT2D eigenvalue weighted by atomic mass is 10.1. The first kappa shape index (κ1) is 15.3. The third-order valence-electron chi connectivity index (χ3n) is 3.78. The lowest BCUT2D eigenvalue weighted by Gasteiger charge is -2.30. The van der Waals surface area contributed by atoms with E-state index in [4.69, 9.17) is 4.74 Å². The SMILES string of the molecule is COc1ccsc1S(=O)(=O)N1CCC(n2cn[nH]c2=O)CC1. The van der Waals surface area contributed by atoms with Crippen molar-refractivity contribution >= 4 is 21.4 Å². The molecule has 1 fully saturated rings. The summed E-state index contributed by atoms with van der Waals surface area (Å²) in [4.78, 5) is 11.6. The first-order valence-electron chi connectivity index (χ1n) is 6.77. The number of aromatic nitrogens is 3. The van der Waals surface area contributed by atoms with Gasteiger partial charge in [-0.05, 0) is 24.3 Å². The fourth-order valence-corrected chi connectivity index (χ4v) is 5.50. The van der Waals surface area contributed by atoms with Gasteiger partial charge in [-0.25, -0.2) is 18.3 Å². The Hall–Kier alpha value is -1.65. The van der Waals surface area contributed by atoms with Crippen molar-refractivity contribution in [2.45, 2.75) is 23.1 Å². The van der Waals surface area contributed by atoms with Crippen LogP contribution in [-0.4, -0.2) is 47.7 Å². The van der Waals surface area contributed by atoms with Crippen molar-refractivity contribution in [1.29, 1.82) is 0 Å². The van der Waals surface area contributed by atoms with Crippen LogP contribution in [-0.2, 0) is 10.0 Å². The maximum Gasteiger partial charge on any atom is 0.343 e. The zero-order valence-electron chi connectivity index (χ0n) is 11.9. The second kappa shape index (κ2) is 5.86. The molecule has 2 aromatic heterocycles. The van der Waals surface area contributed by atoms with E-state index in [9.17, 15) is 13.2 Å². The number of rotatable bonds is 4. The Kier molecular flexibility index (Phi) is 4.06. The van der Waals surface area contributed by atoms with E-state index < -0.39 is 10.0 Å². The van der Waals surface area contributed by atoms with Crippen molar-refractivity contribution in [2.24, 2.45) is 0 Å². The Morgan fingerprint density at radius 3 is 2.73 bits per heavy atom. The number of nitrogens with one attached hydrogen (secondary N) is 1. The third kappa shape index (κ3) is 2.57. The van der Waals surface area contributed by atoms with Crippen molar-refractivity contribution < 1.29 is 13.2 Å². The molecule has 8 nitrogen and oxygen atoms in total. The van der Waals surface area contributed by atoms with Crippen LogP contribution in [0.5, 0.6) is 5.75 Å². The van der Waals surface area contributed by atoms with Gasteiger partial charge in [-0.1, -0.05) is 0 Å². The van der Waals surface area contributed by atoms with E-state index in [1.165, 1.54) is 22.3 Å². The summed E-state index contributed by atoms with van der Waals surface area (Å²) in [5.74, 6) is 0.373. The van der Waals surface area contributed by atoms with Crippen molar-refractivity contribution in [3.8, 4) is 5.75 Å². The van der Waals surface area contributed by atoms with Gasteiger partial charge in [-0.15, -0.1) is 11.3 Å². The maximum atomic E-state index is 12.7. The molecule has 3 heterocycles. The minimum Gasteiger partial charge on any atom is -0.494 e. The number of hydrogen-bond acceptors (Lipinski definition) is 6. The molecule has 0 saturated carbocycles. The van der Waals surface area contributed by atoms with E-state index in [0.717, 1.165) is 11.3 Å². The van der Waals surface area contributed by atoms with Crippen molar-refractivity contribution in [1.82, 2.24) is 19.1 Å². The summed E-state index contributed by atoms with van der Waals surface area (Å²) < 4.78 is 33.6. The summed E-state index contributed by atoms with van der Waals surface area (Å²) in [5.41, 5.74) is -0.263. The zero-order chi connectivity index (χ0) is 15.7. The minimum absolute atomic E-state index is 0.0251. The molecule has 22 heavy (non-hydrogen) atoms. The number of ether oxygens (including phenoxy) is 1. The topological polar surface area (TPSA) is 97.3 Å². The molecular weight excluding hydrogens is 328 g/mol. The molecule has 0 unspecified atom stereocenters. The van der Waals surface area contributed by atoms with Gasteiger partial charge in [0.2, 0.25) is 0 Å². The van der Waals surface area contributed by atoms with E-state index in [1.807, 2.05) is 0 Å². The Morgan fingerprint density at radius 1 is 1.41 bits per heavy atom. The first-order valence-corrected chi connectivity index (χ1v) is 9.09. The van der Waals surface area contributed by atoms with Gasteiger partial charge >= 0.3 is 5.69 Å². The molecule has 1 aliphatic rings. The standard InChI is InChI=1S/C12H16N4O4S2/c1-20-10-4-7-21-11(10)22(18,19)15-5-2-9(3-6-15)16-8-13-14-12(16)17/h4,7-9H,2-3,5-6H2,1H3,(H,14,17). The van der Waals surface area contributed by atoms with E-state index in [0.29, 0.717) is 31.7 Å². The first-order chi connectivity index (χ1) is 10.5. The van der Waals surface area contributed by atoms with Crippen LogP contribution in [0, 0.1) is 0 Å². The predicted octanol–water partition coefficient (Wildman–Crippen LogP) is 0.667. The van der Waals surface area contributed by atoms with Crippen LogP contribution in [0.2, 0.25) is 0 Å². The quantitative estimate of drug-likeness (QED) is 0.879. The van der Waals surface area contributed by atoms with Gasteiger partial charge < -0.3 is 4.74 Å². The van der Waals surface area contributed by atoms with E-state index >= 15 is 0 Å². The molecular formula is C12H16N4O4S2. The van der Waals surface area contributed by atoms with Crippen LogP contribution >= 0.6 is 11.3 Å². The lowest BCUT2D eigenvalue weighted by molar-refractivity contribution is 0.270. The predicted molar refractivity (Wildman–Crippen MR) is 80.7 cm³/mol. The average Bonchev–Trinajstić information content (AvgIpc) is 3.16. The lowest BCUT2D eigenvalue weighted by Crippen LogP contribution is -2.40. The van der Waals surface area contributed by atoms with E-state index in [1.54, 1.807) is 11.4 Å². The van der Waals surface area contributed by atoms with E-state index in [-0.39, 0.29) is 15.9 Å². The molecule has 2 aromatic rings. The number of methoxy groups -OCH3 is 1. The molecule has 120 valence electrons. The molecule has 0 amide bonds. The number of aromatic amines is 1. The van der Waals surface area contributed by atoms with Crippen molar-refractivity contribution in [3.63, 3.8) is 0 Å². The number of H-pyrrole nitrogens is 1. The number of piperidine rings is 1. The zero-order valence-corrected chi connectivity index (χ0v) is 13.6. The van der Waals surface area contributed by atoms with Crippen LogP contribution in [0.3, 0.4) is 0 Å². The number of sulfonamides is 1. The molecule has 0 radical (unpaired) electrons. The van der Waals surface area contributed by atoms with Crippen LogP contribution in [0.15, 0.2) is 26.8 Å². The molecule has 1 aliphatic heterocycles. The highest BCUT2D eigenvalue weighted by atomic mass is 32.2. The van der Waals surface area contributed by atoms with E-state index in [2.05, 4.69) is 10.2 Å². The Balaban J connectivity index is 1.76. The summed E-state index contributed by atoms with van der Waals surface area (Å²) in [6.45, 7) is 0.733. The Morgan fingerprint density at radius 2 is 2.14 bits per heavy atom. The molecule has 0 aliphatic carbocycles. The van der Waals surface area contributed by atoms with Crippen molar-refractivity contribution in [2.75, 3.05) is 20.2 Å². The Labute approximate surface area is 131 Å². The Bertz CT molecular complexity index is 799. The monoisotopic (exact) mass is 344 g/mol. The molecule has 0 aromatic carbocycles. The molecule has 0 atom stereocenters. The molecule has 10 heteroatoms.